The van der Waals surface area contributed by atoms with E-state index in [1.54, 1.807) is 12.1 Å². The number of likely N-dealkylation sites (tertiary alicyclic amines) is 1. The lowest BCUT2D eigenvalue weighted by molar-refractivity contribution is -0.137. The summed E-state index contributed by atoms with van der Waals surface area (Å²) in [7, 11) is 0. The molecule has 0 aliphatic carbocycles. The molecule has 0 spiro atoms. The zero-order valence-electron chi connectivity index (χ0n) is 19.8. The molecule has 1 unspecified atom stereocenters. The van der Waals surface area contributed by atoms with Gasteiger partial charge in [-0.2, -0.15) is 13.2 Å². The second-order valence-electron chi connectivity index (χ2n) is 11.0. The molecule has 0 radical (unpaired) electrons. The van der Waals surface area contributed by atoms with Crippen molar-refractivity contribution in [1.82, 2.24) is 4.90 Å². The van der Waals surface area contributed by atoms with Crippen molar-refractivity contribution in [2.75, 3.05) is 13.1 Å². The van der Waals surface area contributed by atoms with E-state index in [9.17, 15) is 13.2 Å². The lowest BCUT2D eigenvalue weighted by Crippen LogP contribution is -2.47. The molecule has 1 fully saturated rings. The van der Waals surface area contributed by atoms with E-state index in [1.807, 2.05) is 0 Å². The van der Waals surface area contributed by atoms with Crippen molar-refractivity contribution in [2.45, 2.75) is 104 Å². The molecule has 1 aliphatic heterocycles. The highest BCUT2D eigenvalue weighted by Crippen LogP contribution is 2.37. The molecule has 0 amide bonds. The van der Waals surface area contributed by atoms with Crippen LogP contribution in [-0.2, 0) is 16.3 Å². The highest BCUT2D eigenvalue weighted by molar-refractivity contribution is 5.29. The molecule has 0 N–H and O–H groups in total. The molecule has 1 heterocycles. The van der Waals surface area contributed by atoms with Crippen molar-refractivity contribution in [1.29, 1.82) is 0 Å². The summed E-state index contributed by atoms with van der Waals surface area (Å²) in [6, 6.07) is 6.12. The third-order valence-electron chi connectivity index (χ3n) is 6.05. The van der Waals surface area contributed by atoms with Gasteiger partial charge in [0.15, 0.2) is 0 Å². The van der Waals surface area contributed by atoms with E-state index >= 15 is 0 Å². The summed E-state index contributed by atoms with van der Waals surface area (Å²) < 4.78 is 44.9. The first kappa shape index (κ1) is 25.2. The fourth-order valence-corrected chi connectivity index (χ4v) is 4.62. The predicted molar refractivity (Wildman–Crippen MR) is 118 cm³/mol. The summed E-state index contributed by atoms with van der Waals surface area (Å²) in [5.41, 5.74) is 0.366. The molecule has 2 nitrogen and oxygen atoms in total. The summed E-state index contributed by atoms with van der Waals surface area (Å²) in [4.78, 5) is 2.58. The van der Waals surface area contributed by atoms with Gasteiger partial charge in [-0.1, -0.05) is 46.8 Å². The lowest BCUT2D eigenvalue weighted by Gasteiger charge is -2.43. The fourth-order valence-electron chi connectivity index (χ4n) is 4.62. The highest BCUT2D eigenvalue weighted by atomic mass is 19.4. The second kappa shape index (κ2) is 9.60. The molecule has 2 rings (SSSR count). The average molecular weight is 428 g/mol. The van der Waals surface area contributed by atoms with Crippen LogP contribution in [-0.4, -0.2) is 36.2 Å². The molecule has 1 saturated heterocycles. The lowest BCUT2D eigenvalue weighted by atomic mass is 9.74. The summed E-state index contributed by atoms with van der Waals surface area (Å²) in [6.45, 7) is 17.3. The Kier molecular flexibility index (Phi) is 8.06. The number of rotatable bonds is 7. The van der Waals surface area contributed by atoms with Crippen LogP contribution in [0.25, 0.3) is 0 Å². The molecule has 0 saturated carbocycles. The quantitative estimate of drug-likeness (QED) is 0.461. The van der Waals surface area contributed by atoms with Gasteiger partial charge in [0.2, 0.25) is 0 Å². The van der Waals surface area contributed by atoms with Crippen molar-refractivity contribution in [2.24, 2.45) is 5.41 Å². The minimum absolute atomic E-state index is 0.187. The molecular weight excluding hydrogens is 387 g/mol. The summed E-state index contributed by atoms with van der Waals surface area (Å²) >= 11 is 0. The maximum absolute atomic E-state index is 12.9. The van der Waals surface area contributed by atoms with Crippen LogP contribution in [0.1, 0.15) is 85.3 Å². The van der Waals surface area contributed by atoms with Gasteiger partial charge >= 0.3 is 6.18 Å². The molecule has 0 aromatic heterocycles. The molecule has 1 aliphatic rings. The summed E-state index contributed by atoms with van der Waals surface area (Å²) in [6.07, 6.45) is 0.363. The number of hydrogen-bond acceptors (Lipinski definition) is 2. The molecule has 0 bridgehead atoms. The van der Waals surface area contributed by atoms with Gasteiger partial charge in [0.1, 0.15) is 0 Å². The van der Waals surface area contributed by atoms with Gasteiger partial charge in [0.05, 0.1) is 17.8 Å². The summed E-state index contributed by atoms with van der Waals surface area (Å²) in [5, 5.41) is 0. The van der Waals surface area contributed by atoms with Gasteiger partial charge in [0.25, 0.3) is 0 Å². The van der Waals surface area contributed by atoms with Crippen LogP contribution in [0.3, 0.4) is 0 Å². The van der Waals surface area contributed by atoms with Crippen molar-refractivity contribution < 1.29 is 17.9 Å². The standard InChI is InChI=1S/C25H40F3NO/c1-18(2)30-22-12-14-29(15-13-22)21(16-23(3,4)5)17-24(6,7)19-8-10-20(11-9-19)25(26,27)28/h8-11,18,21-22H,12-17H2,1-7H3. The second-order valence-corrected chi connectivity index (χ2v) is 11.0. The fraction of sp³-hybridized carbons (Fsp3) is 0.760. The number of hydrogen-bond donors (Lipinski definition) is 0. The van der Waals surface area contributed by atoms with E-state index in [1.165, 1.54) is 12.1 Å². The molecule has 1 aromatic carbocycles. The predicted octanol–water partition coefficient (Wildman–Crippen LogP) is 7.07. The molecule has 30 heavy (non-hydrogen) atoms. The average Bonchev–Trinajstić information content (AvgIpc) is 2.59. The molecule has 1 aromatic rings. The maximum atomic E-state index is 12.9. The van der Waals surface area contributed by atoms with Crippen LogP contribution in [0.2, 0.25) is 0 Å². The van der Waals surface area contributed by atoms with E-state index < -0.39 is 11.7 Å². The van der Waals surface area contributed by atoms with Gasteiger partial charge in [-0.3, -0.25) is 0 Å². The van der Waals surface area contributed by atoms with Crippen LogP contribution >= 0.6 is 0 Å². The summed E-state index contributed by atoms with van der Waals surface area (Å²) in [5.74, 6) is 0. The molecular formula is C25H40F3NO. The first-order valence-corrected chi connectivity index (χ1v) is 11.2. The zero-order valence-corrected chi connectivity index (χ0v) is 19.8. The van der Waals surface area contributed by atoms with E-state index in [4.69, 9.17) is 4.74 Å². The van der Waals surface area contributed by atoms with Crippen LogP contribution in [0.5, 0.6) is 0 Å². The molecule has 1 atom stereocenters. The molecule has 172 valence electrons. The number of benzene rings is 1. The van der Waals surface area contributed by atoms with E-state index in [2.05, 4.69) is 53.4 Å². The van der Waals surface area contributed by atoms with Gasteiger partial charge in [-0.25, -0.2) is 0 Å². The van der Waals surface area contributed by atoms with Crippen LogP contribution in [0.4, 0.5) is 13.2 Å². The van der Waals surface area contributed by atoms with Crippen LogP contribution < -0.4 is 0 Å². The Balaban J connectivity index is 2.13. The smallest absolute Gasteiger partial charge is 0.375 e. The third-order valence-corrected chi connectivity index (χ3v) is 6.05. The Morgan fingerprint density at radius 1 is 0.900 bits per heavy atom. The first-order valence-electron chi connectivity index (χ1n) is 11.2. The van der Waals surface area contributed by atoms with E-state index in [-0.39, 0.29) is 16.9 Å². The Labute approximate surface area is 181 Å². The van der Waals surface area contributed by atoms with Crippen LogP contribution in [0.15, 0.2) is 24.3 Å². The van der Waals surface area contributed by atoms with Crippen molar-refractivity contribution in [3.05, 3.63) is 35.4 Å². The first-order chi connectivity index (χ1) is 13.7. The largest absolute Gasteiger partial charge is 0.416 e. The Morgan fingerprint density at radius 2 is 1.40 bits per heavy atom. The molecule has 5 heteroatoms. The third kappa shape index (κ3) is 7.56. The zero-order chi connectivity index (χ0) is 22.7. The number of piperidine rings is 1. The van der Waals surface area contributed by atoms with E-state index in [0.717, 1.165) is 44.3 Å². The number of ether oxygens (including phenoxy) is 1. The van der Waals surface area contributed by atoms with Gasteiger partial charge < -0.3 is 9.64 Å². The van der Waals surface area contributed by atoms with Crippen molar-refractivity contribution >= 4 is 0 Å². The van der Waals surface area contributed by atoms with Gasteiger partial charge in [-0.05, 0) is 68.1 Å². The number of nitrogens with zero attached hydrogens (tertiary/aromatic N) is 1. The monoisotopic (exact) mass is 427 g/mol. The Morgan fingerprint density at radius 3 is 1.83 bits per heavy atom. The Bertz CT molecular complexity index is 650. The van der Waals surface area contributed by atoms with E-state index in [0.29, 0.717) is 12.1 Å². The normalized spacial score (nSPS) is 18.8. The number of alkyl halides is 3. The number of halogens is 3. The van der Waals surface area contributed by atoms with Gasteiger partial charge in [-0.15, -0.1) is 0 Å². The minimum atomic E-state index is -4.29. The van der Waals surface area contributed by atoms with Gasteiger partial charge in [0, 0.05) is 19.1 Å². The SMILES string of the molecule is CC(C)OC1CCN(C(CC(C)(C)C)CC(C)(C)c2ccc(C(F)(F)F)cc2)CC1. The highest BCUT2D eigenvalue weighted by Gasteiger charge is 2.35. The maximum Gasteiger partial charge on any atom is 0.416 e. The Hall–Kier alpha value is -1.07. The van der Waals surface area contributed by atoms with Crippen molar-refractivity contribution in [3.8, 4) is 0 Å². The topological polar surface area (TPSA) is 12.5 Å². The van der Waals surface area contributed by atoms with Crippen molar-refractivity contribution in [3.63, 3.8) is 0 Å². The van der Waals surface area contributed by atoms with Crippen LogP contribution in [0, 0.1) is 5.41 Å². The minimum Gasteiger partial charge on any atom is -0.375 e.